The van der Waals surface area contributed by atoms with Gasteiger partial charge in [-0.1, -0.05) is 36.4 Å². The van der Waals surface area contributed by atoms with Crippen molar-refractivity contribution in [3.05, 3.63) is 29.8 Å². The number of pyridine rings is 1. The summed E-state index contributed by atoms with van der Waals surface area (Å²) in [4.78, 5) is 15.4. The molecule has 0 aromatic carbocycles. The summed E-state index contributed by atoms with van der Waals surface area (Å²) < 4.78 is 14.1. The first-order chi connectivity index (χ1) is 7.56. The molecule has 1 aromatic rings. The average molecular weight is 336 g/mol. The molecule has 0 aliphatic rings. The number of nitrogens with one attached hydrogen (secondary N) is 1. The van der Waals surface area contributed by atoms with Crippen LogP contribution in [0.1, 0.15) is 24.2 Å². The van der Waals surface area contributed by atoms with Gasteiger partial charge in [0.15, 0.2) is 5.82 Å². The van der Waals surface area contributed by atoms with E-state index < -0.39 is 5.82 Å². The Bertz CT molecular complexity index is 371. The van der Waals surface area contributed by atoms with Crippen molar-refractivity contribution in [1.29, 1.82) is 0 Å². The molecule has 0 fully saturated rings. The average Bonchev–Trinajstić information content (AvgIpc) is 2.25. The summed E-state index contributed by atoms with van der Waals surface area (Å²) in [5.41, 5.74) is 0.0468. The maximum absolute atomic E-state index is 13.3. The molecule has 0 aliphatic heterocycles. The molecule has 0 radical (unpaired) electrons. The molecule has 0 bridgehead atoms. The van der Waals surface area contributed by atoms with Gasteiger partial charge in [-0.05, 0) is 12.0 Å². The molecule has 1 unspecified atom stereocenters. The molecule has 1 aromatic heterocycles. The molecule has 0 saturated carbocycles. The molecule has 1 rings (SSSR count). The van der Waals surface area contributed by atoms with Gasteiger partial charge in [-0.3, -0.25) is 9.78 Å². The molecular formula is C11H14FIN2O. The first-order valence-electron chi connectivity index (χ1n) is 5.02. The van der Waals surface area contributed by atoms with Crippen LogP contribution >= 0.6 is 22.6 Å². The van der Waals surface area contributed by atoms with Gasteiger partial charge in [-0.2, -0.15) is 0 Å². The van der Waals surface area contributed by atoms with Crippen LogP contribution in [0.15, 0.2) is 18.5 Å². The minimum atomic E-state index is -0.587. The molecule has 0 spiro atoms. The molecular weight excluding hydrogens is 322 g/mol. The SMILES string of the molecule is CC(C)C(CI)NC(=O)c1ccncc1F. The molecule has 1 atom stereocenters. The van der Waals surface area contributed by atoms with E-state index in [1.807, 2.05) is 13.8 Å². The van der Waals surface area contributed by atoms with Gasteiger partial charge in [0.05, 0.1) is 11.8 Å². The van der Waals surface area contributed by atoms with E-state index in [2.05, 4.69) is 32.9 Å². The first kappa shape index (κ1) is 13.3. The van der Waals surface area contributed by atoms with Crippen molar-refractivity contribution in [2.24, 2.45) is 5.92 Å². The Labute approximate surface area is 108 Å². The van der Waals surface area contributed by atoms with Crippen LogP contribution in [0.3, 0.4) is 0 Å². The minimum Gasteiger partial charge on any atom is -0.348 e. The van der Waals surface area contributed by atoms with Gasteiger partial charge < -0.3 is 5.32 Å². The van der Waals surface area contributed by atoms with E-state index in [4.69, 9.17) is 0 Å². The second-order valence-electron chi connectivity index (χ2n) is 3.83. The first-order valence-corrected chi connectivity index (χ1v) is 6.55. The topological polar surface area (TPSA) is 42.0 Å². The third kappa shape index (κ3) is 3.40. The van der Waals surface area contributed by atoms with Gasteiger partial charge in [-0.15, -0.1) is 0 Å². The monoisotopic (exact) mass is 336 g/mol. The van der Waals surface area contributed by atoms with Crippen LogP contribution in [0.5, 0.6) is 0 Å². The fourth-order valence-electron chi connectivity index (χ4n) is 1.19. The Morgan fingerprint density at radius 2 is 2.31 bits per heavy atom. The number of alkyl halides is 1. The van der Waals surface area contributed by atoms with Gasteiger partial charge >= 0.3 is 0 Å². The predicted octanol–water partition coefficient (Wildman–Crippen LogP) is 2.41. The molecule has 0 aliphatic carbocycles. The third-order valence-corrected chi connectivity index (χ3v) is 3.25. The van der Waals surface area contributed by atoms with Crippen LogP contribution in [-0.2, 0) is 0 Å². The zero-order valence-electron chi connectivity index (χ0n) is 9.21. The lowest BCUT2D eigenvalue weighted by Gasteiger charge is -2.19. The summed E-state index contributed by atoms with van der Waals surface area (Å²) >= 11 is 2.21. The maximum atomic E-state index is 13.3. The lowest BCUT2D eigenvalue weighted by molar-refractivity contribution is 0.0928. The van der Waals surface area contributed by atoms with Crippen LogP contribution in [-0.4, -0.2) is 21.4 Å². The lowest BCUT2D eigenvalue weighted by Crippen LogP contribution is -2.40. The molecule has 1 amide bonds. The summed E-state index contributed by atoms with van der Waals surface area (Å²) in [6.07, 6.45) is 2.45. The Hall–Kier alpha value is -0.720. The second kappa shape index (κ2) is 6.12. The zero-order valence-corrected chi connectivity index (χ0v) is 11.4. The lowest BCUT2D eigenvalue weighted by atomic mass is 10.1. The van der Waals surface area contributed by atoms with E-state index in [1.54, 1.807) is 0 Å². The standard InChI is InChI=1S/C11H14FIN2O/c1-7(2)10(5-13)15-11(16)8-3-4-14-6-9(8)12/h3-4,6-7,10H,5H2,1-2H3,(H,15,16). The number of nitrogens with zero attached hydrogens (tertiary/aromatic N) is 1. The summed E-state index contributed by atoms with van der Waals surface area (Å²) in [5.74, 6) is -0.642. The smallest absolute Gasteiger partial charge is 0.254 e. The van der Waals surface area contributed by atoms with E-state index in [0.29, 0.717) is 5.92 Å². The fourth-order valence-corrected chi connectivity index (χ4v) is 2.43. The molecule has 3 nitrogen and oxygen atoms in total. The van der Waals surface area contributed by atoms with Crippen LogP contribution in [0.25, 0.3) is 0 Å². The summed E-state index contributed by atoms with van der Waals surface area (Å²) in [6, 6.07) is 1.44. The van der Waals surface area contributed by atoms with Crippen molar-refractivity contribution in [3.63, 3.8) is 0 Å². The minimum absolute atomic E-state index is 0.0468. The number of aromatic nitrogens is 1. The van der Waals surface area contributed by atoms with Crippen LogP contribution < -0.4 is 5.32 Å². The Kier molecular flexibility index (Phi) is 5.11. The molecule has 16 heavy (non-hydrogen) atoms. The number of hydrogen-bond donors (Lipinski definition) is 1. The van der Waals surface area contributed by atoms with E-state index in [0.717, 1.165) is 10.6 Å². The Morgan fingerprint density at radius 3 is 2.81 bits per heavy atom. The predicted molar refractivity (Wildman–Crippen MR) is 69.2 cm³/mol. The van der Waals surface area contributed by atoms with Crippen LogP contribution in [0.4, 0.5) is 4.39 Å². The molecule has 1 heterocycles. The van der Waals surface area contributed by atoms with E-state index in [-0.39, 0.29) is 17.5 Å². The maximum Gasteiger partial charge on any atom is 0.254 e. The van der Waals surface area contributed by atoms with Crippen molar-refractivity contribution >= 4 is 28.5 Å². The van der Waals surface area contributed by atoms with Crippen molar-refractivity contribution in [1.82, 2.24) is 10.3 Å². The van der Waals surface area contributed by atoms with E-state index in [9.17, 15) is 9.18 Å². The van der Waals surface area contributed by atoms with Gasteiger partial charge in [0.1, 0.15) is 0 Å². The van der Waals surface area contributed by atoms with Crippen molar-refractivity contribution < 1.29 is 9.18 Å². The van der Waals surface area contributed by atoms with Crippen molar-refractivity contribution in [3.8, 4) is 0 Å². The number of carbonyl (C=O) groups is 1. The highest BCUT2D eigenvalue weighted by molar-refractivity contribution is 14.1. The summed E-state index contributed by atoms with van der Waals surface area (Å²) in [6.45, 7) is 4.04. The van der Waals surface area contributed by atoms with Gasteiger partial charge in [0.2, 0.25) is 0 Å². The Morgan fingerprint density at radius 1 is 1.62 bits per heavy atom. The van der Waals surface area contributed by atoms with Gasteiger partial charge in [0.25, 0.3) is 5.91 Å². The highest BCUT2D eigenvalue weighted by Gasteiger charge is 2.17. The highest BCUT2D eigenvalue weighted by Crippen LogP contribution is 2.09. The summed E-state index contributed by atoms with van der Waals surface area (Å²) in [7, 11) is 0. The van der Waals surface area contributed by atoms with Crippen LogP contribution in [0, 0.1) is 11.7 Å². The molecule has 88 valence electrons. The number of carbonyl (C=O) groups excluding carboxylic acids is 1. The largest absolute Gasteiger partial charge is 0.348 e. The number of halogens is 2. The highest BCUT2D eigenvalue weighted by atomic mass is 127. The fraction of sp³-hybridized carbons (Fsp3) is 0.455. The second-order valence-corrected chi connectivity index (χ2v) is 4.71. The van der Waals surface area contributed by atoms with E-state index >= 15 is 0 Å². The van der Waals surface area contributed by atoms with Crippen molar-refractivity contribution in [2.45, 2.75) is 19.9 Å². The Balaban J connectivity index is 2.76. The van der Waals surface area contributed by atoms with Gasteiger partial charge in [-0.25, -0.2) is 4.39 Å². The number of rotatable bonds is 4. The summed E-state index contributed by atoms with van der Waals surface area (Å²) in [5, 5.41) is 2.81. The normalized spacial score (nSPS) is 12.6. The van der Waals surface area contributed by atoms with E-state index in [1.165, 1.54) is 12.3 Å². The zero-order chi connectivity index (χ0) is 12.1. The molecule has 0 saturated heterocycles. The quantitative estimate of drug-likeness (QED) is 0.678. The van der Waals surface area contributed by atoms with Crippen molar-refractivity contribution in [2.75, 3.05) is 4.43 Å². The molecule has 1 N–H and O–H groups in total. The number of amides is 1. The number of hydrogen-bond acceptors (Lipinski definition) is 2. The third-order valence-electron chi connectivity index (χ3n) is 2.30. The van der Waals surface area contributed by atoms with Crippen LogP contribution in [0.2, 0.25) is 0 Å². The van der Waals surface area contributed by atoms with Gasteiger partial charge in [0, 0.05) is 16.7 Å². The molecule has 5 heteroatoms.